The molecule has 4 rings (SSSR count). The molecule has 5 nitrogen and oxygen atoms in total. The second-order valence-corrected chi connectivity index (χ2v) is 9.74. The Kier molecular flexibility index (Phi) is 5.47. The molecule has 29 heavy (non-hydrogen) atoms. The monoisotopic (exact) mass is 399 g/mol. The zero-order valence-corrected chi connectivity index (χ0v) is 17.5. The van der Waals surface area contributed by atoms with Crippen molar-refractivity contribution >= 4 is 5.97 Å². The number of carbonyl (C=O) groups is 1. The van der Waals surface area contributed by atoms with Crippen molar-refractivity contribution in [3.8, 4) is 5.75 Å². The summed E-state index contributed by atoms with van der Waals surface area (Å²) in [5, 5.41) is 20.2. The second-order valence-electron chi connectivity index (χ2n) is 9.74. The Bertz CT molecular complexity index is 793. The highest BCUT2D eigenvalue weighted by atomic mass is 16.6. The van der Waals surface area contributed by atoms with E-state index in [0.29, 0.717) is 24.6 Å². The molecule has 2 N–H and O–H groups in total. The van der Waals surface area contributed by atoms with E-state index in [2.05, 4.69) is 13.5 Å². The van der Waals surface area contributed by atoms with E-state index in [9.17, 15) is 15.0 Å². The van der Waals surface area contributed by atoms with Crippen molar-refractivity contribution in [2.75, 3.05) is 20.1 Å². The second kappa shape index (κ2) is 7.77. The molecule has 0 radical (unpaired) electrons. The predicted octanol–water partition coefficient (Wildman–Crippen LogP) is 3.67. The maximum atomic E-state index is 12.7. The number of esters is 1. The van der Waals surface area contributed by atoms with E-state index < -0.39 is 6.10 Å². The molecule has 0 spiro atoms. The molecule has 0 amide bonds. The number of allylic oxidation sites excluding steroid dienone is 1. The predicted molar refractivity (Wildman–Crippen MR) is 111 cm³/mol. The summed E-state index contributed by atoms with van der Waals surface area (Å²) < 4.78 is 5.84. The van der Waals surface area contributed by atoms with E-state index in [1.54, 1.807) is 24.3 Å². The molecule has 1 saturated heterocycles. The zero-order valence-electron chi connectivity index (χ0n) is 17.5. The number of phenolic OH excluding ortho intramolecular Hbond substituents is 1. The minimum Gasteiger partial charge on any atom is -0.508 e. The number of phenols is 1. The number of aliphatic hydroxyl groups is 1. The van der Waals surface area contributed by atoms with Gasteiger partial charge in [-0.25, -0.2) is 0 Å². The van der Waals surface area contributed by atoms with Crippen LogP contribution in [0.25, 0.3) is 0 Å². The van der Waals surface area contributed by atoms with Gasteiger partial charge in [-0.3, -0.25) is 4.79 Å². The van der Waals surface area contributed by atoms with Crippen LogP contribution in [0, 0.1) is 23.2 Å². The van der Waals surface area contributed by atoms with Crippen molar-refractivity contribution in [1.29, 1.82) is 0 Å². The molecule has 158 valence electrons. The van der Waals surface area contributed by atoms with Crippen molar-refractivity contribution in [2.24, 2.45) is 23.2 Å². The number of benzene rings is 1. The maximum Gasteiger partial charge on any atom is 0.310 e. The lowest BCUT2D eigenvalue weighted by Gasteiger charge is -2.50. The lowest BCUT2D eigenvalue weighted by Crippen LogP contribution is -2.45. The average Bonchev–Trinajstić information content (AvgIpc) is 2.94. The zero-order chi connectivity index (χ0) is 20.8. The quantitative estimate of drug-likeness (QED) is 0.584. The molecule has 3 fully saturated rings. The Labute approximate surface area is 173 Å². The Morgan fingerprint density at radius 2 is 2.21 bits per heavy atom. The van der Waals surface area contributed by atoms with Crippen LogP contribution in [0.3, 0.4) is 0 Å². The fourth-order valence-electron chi connectivity index (χ4n) is 6.01. The van der Waals surface area contributed by atoms with Crippen LogP contribution >= 0.6 is 0 Å². The number of hydrogen-bond donors (Lipinski definition) is 2. The number of rotatable bonds is 5. The number of fused-ring (bicyclic) bond motifs is 2. The number of ether oxygens (including phenoxy) is 1. The number of aliphatic hydroxyl groups excluding tert-OH is 1. The first-order valence-electron chi connectivity index (χ1n) is 10.8. The van der Waals surface area contributed by atoms with Gasteiger partial charge in [0.25, 0.3) is 0 Å². The topological polar surface area (TPSA) is 70.0 Å². The molecule has 1 heterocycles. The Balaban J connectivity index is 1.42. The molecule has 2 saturated carbocycles. The van der Waals surface area contributed by atoms with Crippen LogP contribution in [-0.2, 0) is 9.53 Å². The first kappa shape index (κ1) is 20.4. The van der Waals surface area contributed by atoms with Gasteiger partial charge in [0.05, 0.1) is 12.0 Å². The summed E-state index contributed by atoms with van der Waals surface area (Å²) in [5.41, 5.74) is 2.24. The highest BCUT2D eigenvalue weighted by Crippen LogP contribution is 2.56. The van der Waals surface area contributed by atoms with Gasteiger partial charge in [-0.05, 0) is 68.2 Å². The van der Waals surface area contributed by atoms with Crippen molar-refractivity contribution < 1.29 is 19.7 Å². The first-order chi connectivity index (χ1) is 13.8. The molecular formula is C24H33NO4. The summed E-state index contributed by atoms with van der Waals surface area (Å²) in [7, 11) is 1.93. The Morgan fingerprint density at radius 3 is 2.97 bits per heavy atom. The molecule has 5 heteroatoms. The summed E-state index contributed by atoms with van der Waals surface area (Å²) in [5.74, 6) is 0.616. The molecule has 6 atom stereocenters. The van der Waals surface area contributed by atoms with Crippen LogP contribution in [0.1, 0.15) is 50.7 Å². The number of likely N-dealkylation sites (N-methyl/N-ethyl adjacent to an activating group) is 1. The van der Waals surface area contributed by atoms with Crippen LogP contribution in [0.2, 0.25) is 0 Å². The minimum atomic E-state index is -0.715. The smallest absolute Gasteiger partial charge is 0.310 e. The van der Waals surface area contributed by atoms with Gasteiger partial charge < -0.3 is 19.8 Å². The molecule has 1 aromatic carbocycles. The number of aromatic hydroxyl groups is 1. The fourth-order valence-corrected chi connectivity index (χ4v) is 6.01. The van der Waals surface area contributed by atoms with Crippen molar-refractivity contribution in [3.63, 3.8) is 0 Å². The van der Waals surface area contributed by atoms with Crippen LogP contribution in [0.15, 0.2) is 36.4 Å². The van der Waals surface area contributed by atoms with Crippen molar-refractivity contribution in [2.45, 2.75) is 51.2 Å². The summed E-state index contributed by atoms with van der Waals surface area (Å²) in [4.78, 5) is 14.7. The van der Waals surface area contributed by atoms with E-state index in [0.717, 1.165) is 19.3 Å². The van der Waals surface area contributed by atoms with Gasteiger partial charge in [0.15, 0.2) is 0 Å². The van der Waals surface area contributed by atoms with Gasteiger partial charge in [-0.15, -0.1) is 0 Å². The molecule has 0 bridgehead atoms. The molecule has 1 aliphatic heterocycles. The molecule has 2 aliphatic carbocycles. The van der Waals surface area contributed by atoms with E-state index in [-0.39, 0.29) is 35.1 Å². The maximum absolute atomic E-state index is 12.7. The van der Waals surface area contributed by atoms with Crippen molar-refractivity contribution in [1.82, 2.24) is 4.90 Å². The average molecular weight is 400 g/mol. The fraction of sp³-hybridized carbons (Fsp3) is 0.625. The van der Waals surface area contributed by atoms with Crippen LogP contribution < -0.4 is 0 Å². The standard InChI is InChI=1S/C24H33NO4/c1-15-6-5-9-24(2)12-22-18(11-20(15)24)19(23(28)29-22)13-25(3)14-21(27)16-7-4-8-17(26)10-16/h4,7-8,10,18-22,26-27H,1,5-6,9,11-14H2,2-3H3/t18-,19?,20+,21-,22-,24-/m1/s1. The highest BCUT2D eigenvalue weighted by molar-refractivity contribution is 5.75. The summed E-state index contributed by atoms with van der Waals surface area (Å²) in [6.07, 6.45) is 4.72. The third-order valence-corrected chi connectivity index (χ3v) is 7.57. The lowest BCUT2D eigenvalue weighted by molar-refractivity contribution is -0.146. The van der Waals surface area contributed by atoms with Gasteiger partial charge in [-0.1, -0.05) is 31.2 Å². The largest absolute Gasteiger partial charge is 0.508 e. The van der Waals surface area contributed by atoms with E-state index >= 15 is 0 Å². The summed E-state index contributed by atoms with van der Waals surface area (Å²) in [6, 6.07) is 6.69. The van der Waals surface area contributed by atoms with Crippen LogP contribution in [-0.4, -0.2) is 47.3 Å². The van der Waals surface area contributed by atoms with Crippen molar-refractivity contribution in [3.05, 3.63) is 42.0 Å². The van der Waals surface area contributed by atoms with Gasteiger partial charge in [-0.2, -0.15) is 0 Å². The first-order valence-corrected chi connectivity index (χ1v) is 10.8. The van der Waals surface area contributed by atoms with E-state index in [4.69, 9.17) is 4.74 Å². The van der Waals surface area contributed by atoms with Gasteiger partial charge >= 0.3 is 5.97 Å². The molecule has 3 aliphatic rings. The van der Waals surface area contributed by atoms with Gasteiger partial charge in [0.1, 0.15) is 11.9 Å². The number of hydrogen-bond acceptors (Lipinski definition) is 5. The Hall–Kier alpha value is -1.85. The number of nitrogens with zero attached hydrogens (tertiary/aromatic N) is 1. The third kappa shape index (κ3) is 3.95. The van der Waals surface area contributed by atoms with Crippen LogP contribution in [0.4, 0.5) is 0 Å². The molecule has 1 unspecified atom stereocenters. The number of carbonyl (C=O) groups excluding carboxylic acids is 1. The molecular weight excluding hydrogens is 366 g/mol. The summed E-state index contributed by atoms with van der Waals surface area (Å²) >= 11 is 0. The molecule has 1 aromatic rings. The lowest BCUT2D eigenvalue weighted by atomic mass is 9.55. The third-order valence-electron chi connectivity index (χ3n) is 7.57. The SMILES string of the molecule is C=C1CCC[C@]2(C)C[C@H]3OC(=O)C(CN(C)C[C@@H](O)c4cccc(O)c4)[C@H]3C[C@@H]12. The van der Waals surface area contributed by atoms with Crippen LogP contribution in [0.5, 0.6) is 5.75 Å². The normalized spacial score (nSPS) is 35.2. The van der Waals surface area contributed by atoms with E-state index in [1.165, 1.54) is 18.4 Å². The van der Waals surface area contributed by atoms with Gasteiger partial charge in [0.2, 0.25) is 0 Å². The van der Waals surface area contributed by atoms with Gasteiger partial charge in [0, 0.05) is 19.0 Å². The van der Waals surface area contributed by atoms with E-state index in [1.807, 2.05) is 11.9 Å². The summed E-state index contributed by atoms with van der Waals surface area (Å²) in [6.45, 7) is 7.67. The minimum absolute atomic E-state index is 0.0176. The Morgan fingerprint density at radius 1 is 1.41 bits per heavy atom. The molecule has 0 aromatic heterocycles. The highest BCUT2D eigenvalue weighted by Gasteiger charge is 2.55.